The van der Waals surface area contributed by atoms with Crippen molar-refractivity contribution < 1.29 is 23.9 Å². The Hall–Kier alpha value is -2.83. The summed E-state index contributed by atoms with van der Waals surface area (Å²) in [6.45, 7) is -0.129. The Balaban J connectivity index is 1.59. The summed E-state index contributed by atoms with van der Waals surface area (Å²) in [5.41, 5.74) is 0.858. The number of amides is 2. The van der Waals surface area contributed by atoms with Gasteiger partial charge in [-0.2, -0.15) is 0 Å². The lowest BCUT2D eigenvalue weighted by atomic mass is 10.2. The van der Waals surface area contributed by atoms with E-state index in [0.717, 1.165) is 24.2 Å². The Morgan fingerprint density at radius 1 is 1.20 bits per heavy atom. The van der Waals surface area contributed by atoms with Gasteiger partial charge in [-0.05, 0) is 36.6 Å². The second kappa shape index (κ2) is 9.46. The topological polar surface area (TPSA) is 93.7 Å². The van der Waals surface area contributed by atoms with E-state index in [0.29, 0.717) is 0 Å². The SMILES string of the molecule is COc1ccc(/C=C/C(=O)NCCC(=O)OCC(=O)NC2CC2)cc1. The van der Waals surface area contributed by atoms with Gasteiger partial charge in [-0.1, -0.05) is 12.1 Å². The molecule has 0 radical (unpaired) electrons. The predicted molar refractivity (Wildman–Crippen MR) is 91.8 cm³/mol. The number of hydrogen-bond donors (Lipinski definition) is 2. The van der Waals surface area contributed by atoms with Gasteiger partial charge in [0.15, 0.2) is 6.61 Å². The molecule has 7 heteroatoms. The standard InChI is InChI=1S/C18H22N2O5/c1-24-15-7-2-13(3-8-15)4-9-16(21)19-11-10-18(23)25-12-17(22)20-14-5-6-14/h2-4,7-9,14H,5-6,10-12H2,1H3,(H,19,21)(H,20,22)/b9-4+. The van der Waals surface area contributed by atoms with Crippen LogP contribution in [-0.4, -0.2) is 44.1 Å². The summed E-state index contributed by atoms with van der Waals surface area (Å²) < 4.78 is 9.89. The van der Waals surface area contributed by atoms with Gasteiger partial charge < -0.3 is 20.1 Å². The Kier molecular flexibility index (Phi) is 7.00. The molecular weight excluding hydrogens is 324 g/mol. The second-order valence-corrected chi connectivity index (χ2v) is 5.65. The van der Waals surface area contributed by atoms with E-state index < -0.39 is 5.97 Å². The van der Waals surface area contributed by atoms with Gasteiger partial charge in [0, 0.05) is 18.7 Å². The fourth-order valence-corrected chi connectivity index (χ4v) is 1.95. The molecule has 0 heterocycles. The number of rotatable bonds is 9. The maximum Gasteiger partial charge on any atom is 0.308 e. The monoisotopic (exact) mass is 346 g/mol. The Labute approximate surface area is 146 Å². The third kappa shape index (κ3) is 7.52. The lowest BCUT2D eigenvalue weighted by Gasteiger charge is -2.05. The lowest BCUT2D eigenvalue weighted by Crippen LogP contribution is -2.31. The minimum atomic E-state index is -0.523. The van der Waals surface area contributed by atoms with E-state index in [1.807, 2.05) is 12.1 Å². The second-order valence-electron chi connectivity index (χ2n) is 5.65. The van der Waals surface area contributed by atoms with E-state index in [9.17, 15) is 14.4 Å². The smallest absolute Gasteiger partial charge is 0.308 e. The van der Waals surface area contributed by atoms with Gasteiger partial charge in [0.05, 0.1) is 13.5 Å². The largest absolute Gasteiger partial charge is 0.497 e. The van der Waals surface area contributed by atoms with Crippen LogP contribution in [0.3, 0.4) is 0 Å². The summed E-state index contributed by atoms with van der Waals surface area (Å²) in [7, 11) is 1.59. The van der Waals surface area contributed by atoms with Crippen molar-refractivity contribution >= 4 is 23.9 Å². The number of hydrogen-bond acceptors (Lipinski definition) is 5. The average molecular weight is 346 g/mol. The molecular formula is C18H22N2O5. The molecule has 2 rings (SSSR count). The number of ether oxygens (including phenoxy) is 2. The minimum absolute atomic E-state index is 0.0127. The van der Waals surface area contributed by atoms with Gasteiger partial charge in [-0.3, -0.25) is 14.4 Å². The van der Waals surface area contributed by atoms with Crippen molar-refractivity contribution in [3.63, 3.8) is 0 Å². The van der Waals surface area contributed by atoms with Crippen molar-refractivity contribution in [3.05, 3.63) is 35.9 Å². The Bertz CT molecular complexity index is 635. The summed E-state index contributed by atoms with van der Waals surface area (Å²) >= 11 is 0. The minimum Gasteiger partial charge on any atom is -0.497 e. The first-order valence-electron chi connectivity index (χ1n) is 8.12. The maximum atomic E-state index is 11.7. The van der Waals surface area contributed by atoms with Crippen LogP contribution >= 0.6 is 0 Å². The number of benzene rings is 1. The maximum absolute atomic E-state index is 11.7. The Morgan fingerprint density at radius 2 is 1.92 bits per heavy atom. The molecule has 134 valence electrons. The van der Waals surface area contributed by atoms with Crippen LogP contribution in [-0.2, 0) is 19.1 Å². The number of methoxy groups -OCH3 is 1. The van der Waals surface area contributed by atoms with Crippen LogP contribution < -0.4 is 15.4 Å². The fraction of sp³-hybridized carbons (Fsp3) is 0.389. The first-order valence-corrected chi connectivity index (χ1v) is 8.12. The van der Waals surface area contributed by atoms with E-state index in [1.165, 1.54) is 6.08 Å². The molecule has 0 spiro atoms. The van der Waals surface area contributed by atoms with Gasteiger partial charge in [-0.25, -0.2) is 0 Å². The van der Waals surface area contributed by atoms with Crippen molar-refractivity contribution in [2.45, 2.75) is 25.3 Å². The van der Waals surface area contributed by atoms with E-state index in [4.69, 9.17) is 9.47 Å². The van der Waals surface area contributed by atoms with E-state index in [1.54, 1.807) is 25.3 Å². The molecule has 2 N–H and O–H groups in total. The zero-order chi connectivity index (χ0) is 18.1. The molecule has 2 amide bonds. The van der Waals surface area contributed by atoms with E-state index >= 15 is 0 Å². The molecule has 25 heavy (non-hydrogen) atoms. The summed E-state index contributed by atoms with van der Waals surface area (Å²) in [4.78, 5) is 34.5. The van der Waals surface area contributed by atoms with Crippen LogP contribution in [0.2, 0.25) is 0 Å². The summed E-state index contributed by atoms with van der Waals surface area (Å²) in [5.74, 6) is -0.381. The highest BCUT2D eigenvalue weighted by atomic mass is 16.5. The first kappa shape index (κ1) is 18.5. The summed E-state index contributed by atoms with van der Waals surface area (Å²) in [6, 6.07) is 7.49. The molecule has 0 aliphatic heterocycles. The van der Waals surface area contributed by atoms with Gasteiger partial charge >= 0.3 is 5.97 Å². The lowest BCUT2D eigenvalue weighted by molar-refractivity contribution is -0.148. The molecule has 1 fully saturated rings. The molecule has 0 bridgehead atoms. The zero-order valence-corrected chi connectivity index (χ0v) is 14.1. The van der Waals surface area contributed by atoms with Crippen molar-refractivity contribution in [1.82, 2.24) is 10.6 Å². The zero-order valence-electron chi connectivity index (χ0n) is 14.1. The predicted octanol–water partition coefficient (Wildman–Crippen LogP) is 1.04. The fourth-order valence-electron chi connectivity index (χ4n) is 1.95. The van der Waals surface area contributed by atoms with Gasteiger partial charge in [0.25, 0.3) is 5.91 Å². The molecule has 0 aromatic heterocycles. The molecule has 0 unspecified atom stereocenters. The molecule has 1 aliphatic rings. The molecule has 0 atom stereocenters. The van der Waals surface area contributed by atoms with Crippen molar-refractivity contribution in [3.8, 4) is 5.75 Å². The highest BCUT2D eigenvalue weighted by Crippen LogP contribution is 2.18. The van der Waals surface area contributed by atoms with Crippen molar-refractivity contribution in [2.75, 3.05) is 20.3 Å². The molecule has 7 nitrogen and oxygen atoms in total. The third-order valence-corrected chi connectivity index (χ3v) is 3.48. The van der Waals surface area contributed by atoms with Crippen molar-refractivity contribution in [2.24, 2.45) is 0 Å². The van der Waals surface area contributed by atoms with Crippen LogP contribution in [0, 0.1) is 0 Å². The Morgan fingerprint density at radius 3 is 2.56 bits per heavy atom. The highest BCUT2D eigenvalue weighted by molar-refractivity contribution is 5.92. The average Bonchev–Trinajstić information content (AvgIpc) is 3.42. The molecule has 1 aromatic carbocycles. The first-order chi connectivity index (χ1) is 12.1. The van der Waals surface area contributed by atoms with E-state index in [-0.39, 0.29) is 37.4 Å². The number of carbonyl (C=O) groups excluding carboxylic acids is 3. The quantitative estimate of drug-likeness (QED) is 0.515. The molecule has 1 aliphatic carbocycles. The van der Waals surface area contributed by atoms with Crippen LogP contribution in [0.1, 0.15) is 24.8 Å². The molecule has 1 aromatic rings. The highest BCUT2D eigenvalue weighted by Gasteiger charge is 2.23. The number of esters is 1. The number of nitrogens with one attached hydrogen (secondary N) is 2. The van der Waals surface area contributed by atoms with Crippen LogP contribution in [0.15, 0.2) is 30.3 Å². The van der Waals surface area contributed by atoms with Gasteiger partial charge in [0.1, 0.15) is 5.75 Å². The van der Waals surface area contributed by atoms with E-state index in [2.05, 4.69) is 10.6 Å². The van der Waals surface area contributed by atoms with Crippen LogP contribution in [0.5, 0.6) is 5.75 Å². The molecule has 1 saturated carbocycles. The number of carbonyl (C=O) groups is 3. The molecule has 0 saturated heterocycles. The summed E-state index contributed by atoms with van der Waals surface area (Å²) in [6.07, 6.45) is 5.02. The third-order valence-electron chi connectivity index (χ3n) is 3.48. The van der Waals surface area contributed by atoms with Crippen LogP contribution in [0.25, 0.3) is 6.08 Å². The van der Waals surface area contributed by atoms with Gasteiger partial charge in [0.2, 0.25) is 5.91 Å². The summed E-state index contributed by atoms with van der Waals surface area (Å²) in [5, 5.41) is 5.30. The van der Waals surface area contributed by atoms with Crippen molar-refractivity contribution in [1.29, 1.82) is 0 Å². The van der Waals surface area contributed by atoms with Gasteiger partial charge in [-0.15, -0.1) is 0 Å². The normalized spacial score (nSPS) is 13.3. The van der Waals surface area contributed by atoms with Crippen LogP contribution in [0.4, 0.5) is 0 Å².